The zero-order chi connectivity index (χ0) is 37.3. The van der Waals surface area contributed by atoms with Crippen LogP contribution in [0.25, 0.3) is 0 Å². The molecule has 0 aromatic carbocycles. The van der Waals surface area contributed by atoms with Crippen molar-refractivity contribution >= 4 is 11.9 Å². The van der Waals surface area contributed by atoms with Crippen LogP contribution in [0, 0.1) is 0 Å². The lowest BCUT2D eigenvalue weighted by atomic mass is 9.97. The van der Waals surface area contributed by atoms with Crippen LogP contribution >= 0.6 is 0 Å². The monoisotopic (exact) mass is 715 g/mol. The molecule has 300 valence electrons. The molecule has 0 aliphatic rings. The lowest BCUT2D eigenvalue weighted by Gasteiger charge is -2.23. The number of carbonyl (C=O) groups is 2. The van der Waals surface area contributed by atoms with Crippen molar-refractivity contribution < 1.29 is 35.1 Å². The molecular weight excluding hydrogens is 628 g/mol. The molecule has 0 aromatic heterocycles. The van der Waals surface area contributed by atoms with Crippen molar-refractivity contribution in [3.8, 4) is 0 Å². The maximum atomic E-state index is 10.3. The fraction of sp³-hybridized carbons (Fsp3) is 0.953. The summed E-state index contributed by atoms with van der Waals surface area (Å²) in [6.07, 6.45) is 40.8. The van der Waals surface area contributed by atoms with Gasteiger partial charge in [0.1, 0.15) is 6.10 Å². The van der Waals surface area contributed by atoms with Crippen LogP contribution in [-0.2, 0) is 9.59 Å². The Morgan fingerprint density at radius 1 is 0.340 bits per heavy atom. The standard InChI is InChI=1S/C39H80O3.C4H6O4/c1-3-5-7-9-11-13-15-17-19-21-23-25-27-29-31-33-35-37(40)39(42)38(41)36-34-32-30-28-26-24-22-20-18-16-14-12-10-8-6-4-2;5-3(6)1-2-4(7)8/h37-42H,3-36H2,1-2H3;1-2H2,(H,5,6)(H,7,8). The van der Waals surface area contributed by atoms with E-state index < -0.39 is 30.3 Å². The van der Waals surface area contributed by atoms with Crippen molar-refractivity contribution in [1.82, 2.24) is 0 Å². The first-order valence-electron chi connectivity index (χ1n) is 21.7. The number of aliphatic hydroxyl groups excluding tert-OH is 3. The Kier molecular flexibility index (Phi) is 43.0. The van der Waals surface area contributed by atoms with E-state index in [9.17, 15) is 24.9 Å². The molecule has 0 amide bonds. The minimum absolute atomic E-state index is 0.296. The van der Waals surface area contributed by atoms with Gasteiger partial charge in [-0.3, -0.25) is 9.59 Å². The van der Waals surface area contributed by atoms with E-state index in [-0.39, 0.29) is 12.8 Å². The summed E-state index contributed by atoms with van der Waals surface area (Å²) in [5.41, 5.74) is 0. The second-order valence-electron chi connectivity index (χ2n) is 15.1. The summed E-state index contributed by atoms with van der Waals surface area (Å²) in [6, 6.07) is 0. The number of carboxylic acid groups (broad SMARTS) is 2. The molecule has 0 aliphatic carbocycles. The summed E-state index contributed by atoms with van der Waals surface area (Å²) < 4.78 is 0. The van der Waals surface area contributed by atoms with E-state index in [2.05, 4.69) is 13.8 Å². The number of hydrogen-bond donors (Lipinski definition) is 5. The Bertz CT molecular complexity index is 630. The Balaban J connectivity index is 0. The van der Waals surface area contributed by atoms with Crippen molar-refractivity contribution in [3.63, 3.8) is 0 Å². The second-order valence-corrected chi connectivity index (χ2v) is 15.1. The molecule has 0 radical (unpaired) electrons. The predicted octanol–water partition coefficient (Wildman–Crippen LogP) is 12.3. The Hall–Kier alpha value is -1.18. The van der Waals surface area contributed by atoms with Gasteiger partial charge in [0.15, 0.2) is 0 Å². The van der Waals surface area contributed by atoms with Crippen molar-refractivity contribution in [2.45, 2.75) is 263 Å². The van der Waals surface area contributed by atoms with Gasteiger partial charge in [0.25, 0.3) is 0 Å². The van der Waals surface area contributed by atoms with Gasteiger partial charge in [-0.15, -0.1) is 0 Å². The van der Waals surface area contributed by atoms with Crippen LogP contribution in [0.3, 0.4) is 0 Å². The third kappa shape index (κ3) is 43.0. The summed E-state index contributed by atoms with van der Waals surface area (Å²) in [6.45, 7) is 4.57. The van der Waals surface area contributed by atoms with E-state index >= 15 is 0 Å². The number of hydrogen-bond acceptors (Lipinski definition) is 5. The average Bonchev–Trinajstić information content (AvgIpc) is 3.10. The predicted molar refractivity (Wildman–Crippen MR) is 211 cm³/mol. The first kappa shape index (κ1) is 50.9. The minimum atomic E-state index is -1.08. The van der Waals surface area contributed by atoms with Crippen molar-refractivity contribution in [1.29, 1.82) is 0 Å². The second kappa shape index (κ2) is 42.2. The SMILES string of the molecule is CCCCCCCCCCCCCCCCCCC(O)C(O)C(O)CCCCCCCCCCCCCCCCCC.O=C(O)CCC(=O)O. The quantitative estimate of drug-likeness (QED) is 0.0400. The highest BCUT2D eigenvalue weighted by Gasteiger charge is 2.23. The van der Waals surface area contributed by atoms with Crippen molar-refractivity contribution in [2.75, 3.05) is 0 Å². The van der Waals surface area contributed by atoms with Crippen LogP contribution in [0.2, 0.25) is 0 Å². The molecule has 0 rings (SSSR count). The largest absolute Gasteiger partial charge is 0.481 e. The first-order chi connectivity index (χ1) is 24.3. The van der Waals surface area contributed by atoms with E-state index in [0.717, 1.165) is 25.7 Å². The van der Waals surface area contributed by atoms with Crippen LogP contribution in [0.1, 0.15) is 245 Å². The van der Waals surface area contributed by atoms with E-state index in [1.165, 1.54) is 180 Å². The fourth-order valence-corrected chi connectivity index (χ4v) is 6.61. The Labute approximate surface area is 309 Å². The topological polar surface area (TPSA) is 135 Å². The molecule has 0 bridgehead atoms. The van der Waals surface area contributed by atoms with Crippen molar-refractivity contribution in [3.05, 3.63) is 0 Å². The normalized spacial score (nSPS) is 13.1. The van der Waals surface area contributed by atoms with Gasteiger partial charge in [-0.25, -0.2) is 0 Å². The van der Waals surface area contributed by atoms with Crippen LogP contribution < -0.4 is 0 Å². The van der Waals surface area contributed by atoms with Crippen LogP contribution in [-0.4, -0.2) is 55.8 Å². The summed E-state index contributed by atoms with van der Waals surface area (Å²) in [5, 5.41) is 46.8. The first-order valence-corrected chi connectivity index (χ1v) is 21.7. The molecule has 5 N–H and O–H groups in total. The maximum absolute atomic E-state index is 10.3. The molecule has 0 saturated heterocycles. The molecule has 0 aromatic rings. The highest BCUT2D eigenvalue weighted by Crippen LogP contribution is 2.18. The van der Waals surface area contributed by atoms with Gasteiger partial charge in [0, 0.05) is 0 Å². The highest BCUT2D eigenvalue weighted by molar-refractivity contribution is 5.75. The van der Waals surface area contributed by atoms with Gasteiger partial charge in [-0.2, -0.15) is 0 Å². The zero-order valence-electron chi connectivity index (χ0n) is 33.2. The Morgan fingerprint density at radius 3 is 0.700 bits per heavy atom. The molecule has 0 heterocycles. The number of aliphatic hydroxyl groups is 3. The fourth-order valence-electron chi connectivity index (χ4n) is 6.61. The third-order valence-electron chi connectivity index (χ3n) is 10.0. The van der Waals surface area contributed by atoms with Gasteiger partial charge < -0.3 is 25.5 Å². The number of aliphatic carboxylic acids is 2. The number of rotatable bonds is 39. The van der Waals surface area contributed by atoms with Crippen LogP contribution in [0.15, 0.2) is 0 Å². The summed E-state index contributed by atoms with van der Waals surface area (Å²) >= 11 is 0. The number of unbranched alkanes of at least 4 members (excludes halogenated alkanes) is 30. The van der Waals surface area contributed by atoms with Crippen LogP contribution in [0.5, 0.6) is 0 Å². The Morgan fingerprint density at radius 2 is 0.520 bits per heavy atom. The van der Waals surface area contributed by atoms with Gasteiger partial charge in [-0.05, 0) is 12.8 Å². The molecule has 7 heteroatoms. The van der Waals surface area contributed by atoms with E-state index in [4.69, 9.17) is 10.2 Å². The molecule has 0 spiro atoms. The molecule has 0 aliphatic heterocycles. The summed E-state index contributed by atoms with van der Waals surface area (Å²) in [5.74, 6) is -2.15. The van der Waals surface area contributed by atoms with E-state index in [1.807, 2.05) is 0 Å². The summed E-state index contributed by atoms with van der Waals surface area (Å²) in [7, 11) is 0. The van der Waals surface area contributed by atoms with Gasteiger partial charge in [0.05, 0.1) is 25.0 Å². The molecule has 7 nitrogen and oxygen atoms in total. The molecule has 0 fully saturated rings. The molecule has 2 unspecified atom stereocenters. The van der Waals surface area contributed by atoms with Gasteiger partial charge in [0.2, 0.25) is 0 Å². The van der Waals surface area contributed by atoms with E-state index in [1.54, 1.807) is 0 Å². The van der Waals surface area contributed by atoms with Gasteiger partial charge in [-0.1, -0.05) is 219 Å². The summed E-state index contributed by atoms with van der Waals surface area (Å²) in [4.78, 5) is 19.3. The van der Waals surface area contributed by atoms with E-state index in [0.29, 0.717) is 12.8 Å². The molecule has 2 atom stereocenters. The lowest BCUT2D eigenvalue weighted by Crippen LogP contribution is -2.37. The lowest BCUT2D eigenvalue weighted by molar-refractivity contribution is -0.143. The van der Waals surface area contributed by atoms with Crippen molar-refractivity contribution in [2.24, 2.45) is 0 Å². The number of carboxylic acids is 2. The average molecular weight is 715 g/mol. The maximum Gasteiger partial charge on any atom is 0.303 e. The minimum Gasteiger partial charge on any atom is -0.481 e. The molecular formula is C43H86O7. The third-order valence-corrected chi connectivity index (χ3v) is 10.0. The zero-order valence-corrected chi connectivity index (χ0v) is 33.2. The van der Waals surface area contributed by atoms with Crippen LogP contribution in [0.4, 0.5) is 0 Å². The highest BCUT2D eigenvalue weighted by atomic mass is 16.4. The smallest absolute Gasteiger partial charge is 0.303 e. The molecule has 0 saturated carbocycles. The molecule has 50 heavy (non-hydrogen) atoms. The van der Waals surface area contributed by atoms with Gasteiger partial charge >= 0.3 is 11.9 Å².